The Labute approximate surface area is 215 Å². The normalized spacial score (nSPS) is 15.4. The number of likely N-dealkylation sites (tertiary alicyclic amines) is 1. The second kappa shape index (κ2) is 14.7. The van der Waals surface area contributed by atoms with Crippen molar-refractivity contribution in [1.82, 2.24) is 10.2 Å². The van der Waals surface area contributed by atoms with Crippen molar-refractivity contribution in [2.24, 2.45) is 0 Å². The van der Waals surface area contributed by atoms with Crippen molar-refractivity contribution in [2.75, 3.05) is 19.7 Å². The second-order valence-corrected chi connectivity index (χ2v) is 9.84. The molecule has 0 spiro atoms. The fraction of sp³-hybridized carbons (Fsp3) is 0.533. The number of unbranched alkanes of at least 4 members (excludes halogenated alkanes) is 2. The van der Waals surface area contributed by atoms with Gasteiger partial charge in [-0.2, -0.15) is 0 Å². The van der Waals surface area contributed by atoms with Crippen molar-refractivity contribution >= 4 is 11.7 Å². The number of benzene rings is 2. The minimum absolute atomic E-state index is 0.0157. The summed E-state index contributed by atoms with van der Waals surface area (Å²) in [5.41, 5.74) is 1.70. The van der Waals surface area contributed by atoms with Crippen LogP contribution in [-0.2, 0) is 11.2 Å². The molecule has 5 nitrogen and oxygen atoms in total. The highest BCUT2D eigenvalue weighted by molar-refractivity contribution is 5.95. The molecule has 1 aliphatic rings. The lowest BCUT2D eigenvalue weighted by Crippen LogP contribution is -2.50. The first-order valence-corrected chi connectivity index (χ1v) is 13.5. The van der Waals surface area contributed by atoms with Gasteiger partial charge in [0.15, 0.2) is 5.78 Å². The van der Waals surface area contributed by atoms with Crippen LogP contribution in [0, 0.1) is 5.82 Å². The number of hydrogen-bond donors (Lipinski definition) is 1. The van der Waals surface area contributed by atoms with Gasteiger partial charge >= 0.3 is 0 Å². The molecule has 0 aliphatic carbocycles. The van der Waals surface area contributed by atoms with Crippen LogP contribution in [0.4, 0.5) is 4.39 Å². The smallest absolute Gasteiger partial charge is 0.220 e. The van der Waals surface area contributed by atoms with Gasteiger partial charge < -0.3 is 10.1 Å². The van der Waals surface area contributed by atoms with E-state index in [4.69, 9.17) is 4.74 Å². The molecule has 36 heavy (non-hydrogen) atoms. The van der Waals surface area contributed by atoms with E-state index in [-0.39, 0.29) is 29.6 Å². The fourth-order valence-electron chi connectivity index (χ4n) is 4.69. The van der Waals surface area contributed by atoms with Crippen LogP contribution in [-0.4, -0.2) is 48.4 Å². The molecule has 1 saturated heterocycles. The van der Waals surface area contributed by atoms with Gasteiger partial charge in [0.2, 0.25) is 5.91 Å². The van der Waals surface area contributed by atoms with Gasteiger partial charge in [-0.05, 0) is 100 Å². The maximum atomic E-state index is 13.1. The number of Topliss-reactive ketones (excluding diaryl/α,β-unsaturated/α-hetero) is 1. The van der Waals surface area contributed by atoms with E-state index in [0.29, 0.717) is 31.2 Å². The molecule has 0 bridgehead atoms. The number of ether oxygens (including phenoxy) is 1. The second-order valence-electron chi connectivity index (χ2n) is 9.84. The summed E-state index contributed by atoms with van der Waals surface area (Å²) in [5.74, 6) is 0.547. The minimum atomic E-state index is -0.350. The third kappa shape index (κ3) is 9.05. The molecule has 0 aromatic heterocycles. The van der Waals surface area contributed by atoms with Gasteiger partial charge in [-0.3, -0.25) is 14.5 Å². The Morgan fingerprint density at radius 3 is 2.31 bits per heavy atom. The van der Waals surface area contributed by atoms with Crippen molar-refractivity contribution in [3.8, 4) is 5.75 Å². The Kier molecular flexibility index (Phi) is 11.4. The molecule has 2 aromatic carbocycles. The molecule has 3 rings (SSSR count). The third-order valence-electron chi connectivity index (χ3n) is 7.01. The lowest BCUT2D eigenvalue weighted by Gasteiger charge is -2.32. The SMILES string of the molecule is CCCCOc1ccc(CC(NC(=O)CCCCC(=O)c2ccc(F)cc2)[C@H](C)N2CCCC2)cc1. The van der Waals surface area contributed by atoms with Gasteiger partial charge in [-0.15, -0.1) is 0 Å². The average molecular weight is 497 g/mol. The van der Waals surface area contributed by atoms with Gasteiger partial charge in [0.25, 0.3) is 0 Å². The molecule has 1 unspecified atom stereocenters. The number of ketones is 1. The third-order valence-corrected chi connectivity index (χ3v) is 7.01. The number of carbonyl (C=O) groups excluding carboxylic acids is 2. The van der Waals surface area contributed by atoms with Crippen molar-refractivity contribution in [1.29, 1.82) is 0 Å². The highest BCUT2D eigenvalue weighted by Crippen LogP contribution is 2.19. The first-order valence-electron chi connectivity index (χ1n) is 13.5. The van der Waals surface area contributed by atoms with Gasteiger partial charge in [0, 0.05) is 30.5 Å². The Morgan fingerprint density at radius 1 is 0.972 bits per heavy atom. The van der Waals surface area contributed by atoms with Crippen molar-refractivity contribution in [2.45, 2.75) is 83.7 Å². The molecule has 1 aliphatic heterocycles. The van der Waals surface area contributed by atoms with Crippen LogP contribution in [0.25, 0.3) is 0 Å². The zero-order chi connectivity index (χ0) is 25.8. The van der Waals surface area contributed by atoms with E-state index in [2.05, 4.69) is 36.2 Å². The van der Waals surface area contributed by atoms with Crippen LogP contribution in [0.3, 0.4) is 0 Å². The molecule has 2 aromatic rings. The number of hydrogen-bond acceptors (Lipinski definition) is 4. The summed E-state index contributed by atoms with van der Waals surface area (Å²) < 4.78 is 18.8. The zero-order valence-electron chi connectivity index (χ0n) is 21.8. The Balaban J connectivity index is 1.50. The van der Waals surface area contributed by atoms with Crippen molar-refractivity contribution in [3.63, 3.8) is 0 Å². The van der Waals surface area contributed by atoms with Gasteiger partial charge in [0.05, 0.1) is 6.61 Å². The summed E-state index contributed by atoms with van der Waals surface area (Å²) in [6.07, 6.45) is 7.36. The van der Waals surface area contributed by atoms with Gasteiger partial charge in [0.1, 0.15) is 11.6 Å². The Morgan fingerprint density at radius 2 is 1.64 bits per heavy atom. The van der Waals surface area contributed by atoms with Crippen LogP contribution in [0.15, 0.2) is 48.5 Å². The van der Waals surface area contributed by atoms with Crippen molar-refractivity contribution < 1.29 is 18.7 Å². The lowest BCUT2D eigenvalue weighted by atomic mass is 9.98. The van der Waals surface area contributed by atoms with E-state index in [1.807, 2.05) is 12.1 Å². The Bertz CT molecular complexity index is 940. The number of carbonyl (C=O) groups is 2. The highest BCUT2D eigenvalue weighted by atomic mass is 19.1. The monoisotopic (exact) mass is 496 g/mol. The van der Waals surface area contributed by atoms with E-state index in [9.17, 15) is 14.0 Å². The number of halogens is 1. The lowest BCUT2D eigenvalue weighted by molar-refractivity contribution is -0.122. The Hall–Kier alpha value is -2.73. The van der Waals surface area contributed by atoms with E-state index in [1.54, 1.807) is 0 Å². The topological polar surface area (TPSA) is 58.6 Å². The van der Waals surface area contributed by atoms with Crippen LogP contribution in [0.1, 0.15) is 81.1 Å². The van der Waals surface area contributed by atoms with Crippen molar-refractivity contribution in [3.05, 3.63) is 65.5 Å². The minimum Gasteiger partial charge on any atom is -0.494 e. The molecular formula is C30H41FN2O3. The van der Waals surface area contributed by atoms with Crippen LogP contribution in [0.5, 0.6) is 5.75 Å². The van der Waals surface area contributed by atoms with Gasteiger partial charge in [-0.1, -0.05) is 25.5 Å². The van der Waals surface area contributed by atoms with E-state index in [1.165, 1.54) is 42.7 Å². The molecule has 0 radical (unpaired) electrons. The molecule has 196 valence electrons. The number of nitrogens with one attached hydrogen (secondary N) is 1. The molecule has 1 amide bonds. The van der Waals surface area contributed by atoms with E-state index < -0.39 is 0 Å². The summed E-state index contributed by atoms with van der Waals surface area (Å²) in [6.45, 7) is 7.23. The van der Waals surface area contributed by atoms with Crippen LogP contribution < -0.4 is 10.1 Å². The van der Waals surface area contributed by atoms with E-state index in [0.717, 1.165) is 44.7 Å². The quantitative estimate of drug-likeness (QED) is 0.244. The van der Waals surface area contributed by atoms with Crippen LogP contribution >= 0.6 is 0 Å². The van der Waals surface area contributed by atoms with Gasteiger partial charge in [-0.25, -0.2) is 4.39 Å². The summed E-state index contributed by atoms with van der Waals surface area (Å²) in [7, 11) is 0. The summed E-state index contributed by atoms with van der Waals surface area (Å²) in [6, 6.07) is 14.1. The fourth-order valence-corrected chi connectivity index (χ4v) is 4.69. The molecule has 1 heterocycles. The largest absolute Gasteiger partial charge is 0.494 e. The standard InChI is InChI=1S/C30H41FN2O3/c1-3-4-21-36-27-17-11-24(12-18-27)22-28(23(2)33-19-7-8-20-33)32-30(35)10-6-5-9-29(34)25-13-15-26(31)16-14-25/h11-18,23,28H,3-10,19-22H2,1-2H3,(H,32,35)/t23-,28?/m0/s1. The number of amides is 1. The number of rotatable bonds is 15. The highest BCUT2D eigenvalue weighted by Gasteiger charge is 2.27. The summed E-state index contributed by atoms with van der Waals surface area (Å²) >= 11 is 0. The maximum Gasteiger partial charge on any atom is 0.220 e. The molecule has 6 heteroatoms. The molecule has 2 atom stereocenters. The first kappa shape index (κ1) is 27.9. The average Bonchev–Trinajstić information content (AvgIpc) is 3.42. The molecule has 0 saturated carbocycles. The van der Waals surface area contributed by atoms with E-state index >= 15 is 0 Å². The molecule has 1 fully saturated rings. The molecular weight excluding hydrogens is 455 g/mol. The first-order chi connectivity index (χ1) is 17.5. The zero-order valence-corrected chi connectivity index (χ0v) is 21.8. The summed E-state index contributed by atoms with van der Waals surface area (Å²) in [4.78, 5) is 27.6. The predicted octanol–water partition coefficient (Wildman–Crippen LogP) is 5.96. The summed E-state index contributed by atoms with van der Waals surface area (Å²) in [5, 5.41) is 3.29. The predicted molar refractivity (Wildman–Crippen MR) is 142 cm³/mol. The van der Waals surface area contributed by atoms with Crippen LogP contribution in [0.2, 0.25) is 0 Å². The number of nitrogens with zero attached hydrogens (tertiary/aromatic N) is 1. The molecule has 1 N–H and O–H groups in total. The maximum absolute atomic E-state index is 13.1.